The minimum atomic E-state index is -1.69. The lowest BCUT2D eigenvalue weighted by Crippen LogP contribution is -2.59. The van der Waals surface area contributed by atoms with Gasteiger partial charge in [0.15, 0.2) is 5.60 Å². The molecule has 0 aliphatic carbocycles. The molecule has 0 spiro atoms. The summed E-state index contributed by atoms with van der Waals surface area (Å²) in [5, 5.41) is 20.2. The molecule has 0 radical (unpaired) electrons. The molecule has 4 heteroatoms. The number of carbonyl (C=O) groups is 1. The Morgan fingerprint density at radius 1 is 1.27 bits per heavy atom. The van der Waals surface area contributed by atoms with E-state index in [9.17, 15) is 15.0 Å². The summed E-state index contributed by atoms with van der Waals surface area (Å²) in [7, 11) is 3.15. The molecule has 4 nitrogen and oxygen atoms in total. The van der Waals surface area contributed by atoms with Crippen LogP contribution in [0.25, 0.3) is 0 Å². The Kier molecular flexibility index (Phi) is 4.74. The van der Waals surface area contributed by atoms with Crippen LogP contribution in [0.5, 0.6) is 0 Å². The van der Waals surface area contributed by atoms with E-state index in [2.05, 4.69) is 0 Å². The zero-order valence-corrected chi connectivity index (χ0v) is 10.4. The molecular weight excluding hydrogens is 194 g/mol. The predicted molar refractivity (Wildman–Crippen MR) is 59.5 cm³/mol. The van der Waals surface area contributed by atoms with Gasteiger partial charge in [0.2, 0.25) is 0 Å². The first-order valence-electron chi connectivity index (χ1n) is 5.33. The number of carbonyl (C=O) groups excluding carboxylic acids is 1. The summed E-state index contributed by atoms with van der Waals surface area (Å²) >= 11 is 0. The highest BCUT2D eigenvalue weighted by atomic mass is 16.4. The van der Waals surface area contributed by atoms with E-state index in [1.807, 2.05) is 6.92 Å². The fraction of sp³-hybridized carbons (Fsp3) is 0.909. The highest BCUT2D eigenvalue weighted by Gasteiger charge is 2.48. The SMILES string of the molecule is CCCCC(O)(C(=O)N(C)C)C(C)(C)O. The molecule has 1 atom stereocenters. The summed E-state index contributed by atoms with van der Waals surface area (Å²) in [6.45, 7) is 4.90. The maximum atomic E-state index is 11.8. The number of aliphatic hydroxyl groups is 2. The Hall–Kier alpha value is -0.610. The zero-order valence-electron chi connectivity index (χ0n) is 10.4. The van der Waals surface area contributed by atoms with Gasteiger partial charge in [-0.25, -0.2) is 0 Å². The van der Waals surface area contributed by atoms with Crippen molar-refractivity contribution in [1.82, 2.24) is 4.90 Å². The van der Waals surface area contributed by atoms with Gasteiger partial charge in [0.1, 0.15) is 0 Å². The average Bonchev–Trinajstić information content (AvgIpc) is 2.10. The first-order valence-corrected chi connectivity index (χ1v) is 5.33. The third-order valence-corrected chi connectivity index (χ3v) is 2.66. The van der Waals surface area contributed by atoms with Crippen molar-refractivity contribution in [2.24, 2.45) is 0 Å². The van der Waals surface area contributed by atoms with Crippen LogP contribution in [0.2, 0.25) is 0 Å². The van der Waals surface area contributed by atoms with Crippen molar-refractivity contribution in [3.8, 4) is 0 Å². The molecule has 1 unspecified atom stereocenters. The first kappa shape index (κ1) is 14.4. The van der Waals surface area contributed by atoms with E-state index in [1.54, 1.807) is 14.1 Å². The molecule has 15 heavy (non-hydrogen) atoms. The quantitative estimate of drug-likeness (QED) is 0.715. The molecular formula is C11H23NO3. The summed E-state index contributed by atoms with van der Waals surface area (Å²) < 4.78 is 0. The van der Waals surface area contributed by atoms with Gasteiger partial charge in [-0.1, -0.05) is 19.8 Å². The van der Waals surface area contributed by atoms with Crippen molar-refractivity contribution in [3.05, 3.63) is 0 Å². The highest BCUT2D eigenvalue weighted by Crippen LogP contribution is 2.29. The van der Waals surface area contributed by atoms with Gasteiger partial charge < -0.3 is 15.1 Å². The number of nitrogens with zero attached hydrogens (tertiary/aromatic N) is 1. The van der Waals surface area contributed by atoms with Crippen LogP contribution in [0.3, 0.4) is 0 Å². The molecule has 0 aromatic carbocycles. The van der Waals surface area contributed by atoms with E-state index >= 15 is 0 Å². The molecule has 1 amide bonds. The van der Waals surface area contributed by atoms with E-state index < -0.39 is 17.1 Å². The number of rotatable bonds is 5. The Balaban J connectivity index is 4.94. The van der Waals surface area contributed by atoms with Crippen LogP contribution in [-0.2, 0) is 4.79 Å². The Labute approximate surface area is 91.9 Å². The molecule has 90 valence electrons. The van der Waals surface area contributed by atoms with Crippen molar-refractivity contribution >= 4 is 5.91 Å². The molecule has 0 aliphatic heterocycles. The second kappa shape index (κ2) is 4.94. The third kappa shape index (κ3) is 3.18. The molecule has 0 fully saturated rings. The Morgan fingerprint density at radius 3 is 2.00 bits per heavy atom. The van der Waals surface area contributed by atoms with E-state index in [1.165, 1.54) is 18.7 Å². The van der Waals surface area contributed by atoms with Gasteiger partial charge in [-0.05, 0) is 20.3 Å². The van der Waals surface area contributed by atoms with Gasteiger partial charge in [0, 0.05) is 14.1 Å². The molecule has 0 rings (SSSR count). The lowest BCUT2D eigenvalue weighted by Gasteiger charge is -2.39. The number of likely N-dealkylation sites (N-methyl/N-ethyl adjacent to an activating group) is 1. The number of hydrogen-bond acceptors (Lipinski definition) is 3. The van der Waals surface area contributed by atoms with E-state index in [0.29, 0.717) is 6.42 Å². The third-order valence-electron chi connectivity index (χ3n) is 2.66. The van der Waals surface area contributed by atoms with Gasteiger partial charge in [-0.3, -0.25) is 4.79 Å². The topological polar surface area (TPSA) is 60.8 Å². The lowest BCUT2D eigenvalue weighted by atomic mass is 9.80. The van der Waals surface area contributed by atoms with E-state index in [-0.39, 0.29) is 6.42 Å². The monoisotopic (exact) mass is 217 g/mol. The van der Waals surface area contributed by atoms with Gasteiger partial charge in [0.25, 0.3) is 5.91 Å². The molecule has 2 N–H and O–H groups in total. The number of amides is 1. The summed E-state index contributed by atoms with van der Waals surface area (Å²) in [6, 6.07) is 0. The second-order valence-corrected chi connectivity index (χ2v) is 4.72. The predicted octanol–water partition coefficient (Wildman–Crippen LogP) is 0.767. The largest absolute Gasteiger partial charge is 0.387 e. The van der Waals surface area contributed by atoms with E-state index in [0.717, 1.165) is 6.42 Å². The van der Waals surface area contributed by atoms with Crippen LogP contribution < -0.4 is 0 Å². The zero-order chi connectivity index (χ0) is 12.3. The van der Waals surface area contributed by atoms with Crippen molar-refractivity contribution in [1.29, 1.82) is 0 Å². The van der Waals surface area contributed by atoms with Crippen LogP contribution in [0, 0.1) is 0 Å². The number of unbranched alkanes of at least 4 members (excludes halogenated alkanes) is 1. The second-order valence-electron chi connectivity index (χ2n) is 4.72. The van der Waals surface area contributed by atoms with Crippen LogP contribution in [0.1, 0.15) is 40.0 Å². The standard InChI is InChI=1S/C11H23NO3/c1-6-7-8-11(15,10(2,3)14)9(13)12(4)5/h14-15H,6-8H2,1-5H3. The van der Waals surface area contributed by atoms with Crippen LogP contribution >= 0.6 is 0 Å². The highest BCUT2D eigenvalue weighted by molar-refractivity contribution is 5.85. The minimum Gasteiger partial charge on any atom is -0.387 e. The normalized spacial score (nSPS) is 15.9. The summed E-state index contributed by atoms with van der Waals surface area (Å²) in [6.07, 6.45) is 1.86. The van der Waals surface area contributed by atoms with Crippen molar-refractivity contribution in [2.45, 2.75) is 51.2 Å². The molecule has 0 saturated carbocycles. The smallest absolute Gasteiger partial charge is 0.257 e. The van der Waals surface area contributed by atoms with Gasteiger partial charge >= 0.3 is 0 Å². The molecule has 0 aromatic heterocycles. The number of hydrogen-bond donors (Lipinski definition) is 2. The minimum absolute atomic E-state index is 0.282. The fourth-order valence-electron chi connectivity index (χ4n) is 1.48. The average molecular weight is 217 g/mol. The molecule has 0 heterocycles. The maximum absolute atomic E-state index is 11.8. The van der Waals surface area contributed by atoms with Gasteiger partial charge in [-0.15, -0.1) is 0 Å². The van der Waals surface area contributed by atoms with Crippen LogP contribution in [0.4, 0.5) is 0 Å². The molecule has 0 bridgehead atoms. The first-order chi connectivity index (χ1) is 6.66. The van der Waals surface area contributed by atoms with Crippen molar-refractivity contribution < 1.29 is 15.0 Å². The van der Waals surface area contributed by atoms with Crippen LogP contribution in [0.15, 0.2) is 0 Å². The Bertz CT molecular complexity index is 220. The van der Waals surface area contributed by atoms with Gasteiger partial charge in [0.05, 0.1) is 5.60 Å². The molecule has 0 aliphatic rings. The summed E-state index contributed by atoms with van der Waals surface area (Å²) in [5.74, 6) is -0.441. The summed E-state index contributed by atoms with van der Waals surface area (Å²) in [4.78, 5) is 13.1. The maximum Gasteiger partial charge on any atom is 0.257 e. The van der Waals surface area contributed by atoms with Crippen molar-refractivity contribution in [3.63, 3.8) is 0 Å². The van der Waals surface area contributed by atoms with Crippen molar-refractivity contribution in [2.75, 3.05) is 14.1 Å². The van der Waals surface area contributed by atoms with Crippen LogP contribution in [-0.4, -0.2) is 46.3 Å². The molecule has 0 aromatic rings. The summed E-state index contributed by atoms with van der Waals surface area (Å²) in [5.41, 5.74) is -3.12. The lowest BCUT2D eigenvalue weighted by molar-refractivity contribution is -0.178. The van der Waals surface area contributed by atoms with E-state index in [4.69, 9.17) is 0 Å². The van der Waals surface area contributed by atoms with Gasteiger partial charge in [-0.2, -0.15) is 0 Å². The Morgan fingerprint density at radius 2 is 1.73 bits per heavy atom. The fourth-order valence-corrected chi connectivity index (χ4v) is 1.48. The molecule has 0 saturated heterocycles.